The number of nitrogens with one attached hydrogen (secondary N) is 1. The van der Waals surface area contributed by atoms with Gasteiger partial charge in [0.1, 0.15) is 0 Å². The Bertz CT molecular complexity index is 70.5. The molecule has 1 aromatic heterocycles. The van der Waals surface area contributed by atoms with Crippen LogP contribution in [-0.4, -0.2) is 4.98 Å². The van der Waals surface area contributed by atoms with Gasteiger partial charge in [0.2, 0.25) is 0 Å². The summed E-state index contributed by atoms with van der Waals surface area (Å²) in [6.45, 7) is 0. The van der Waals surface area contributed by atoms with E-state index in [4.69, 9.17) is 0 Å². The van der Waals surface area contributed by atoms with Crippen molar-refractivity contribution in [2.45, 2.75) is 0 Å². The van der Waals surface area contributed by atoms with Gasteiger partial charge in [-0.25, -0.2) is 0 Å². The third kappa shape index (κ3) is 6.48. The maximum atomic E-state index is 2.74. The first-order chi connectivity index (χ1) is 2.50. The molecule has 0 fully saturated rings. The topological polar surface area (TPSA) is 15.8 Å². The molecular formula is C4H4Cl2NRu. The van der Waals surface area contributed by atoms with E-state index in [2.05, 4.69) is 11.2 Å². The van der Waals surface area contributed by atoms with Crippen molar-refractivity contribution in [2.24, 2.45) is 0 Å². The van der Waals surface area contributed by atoms with Gasteiger partial charge in [-0.15, -0.1) is 6.20 Å². The molecule has 4 heteroatoms. The second kappa shape index (κ2) is 10.5. The Morgan fingerprint density at radius 3 is 2.00 bits per heavy atom. The fourth-order valence-corrected chi connectivity index (χ4v) is 0.241. The zero-order valence-corrected chi connectivity index (χ0v) is 7.09. The zero-order chi connectivity index (χ0) is 3.54. The Morgan fingerprint density at radius 2 is 1.88 bits per heavy atom. The number of aromatic nitrogens is 1. The summed E-state index contributed by atoms with van der Waals surface area (Å²) in [7, 11) is 0. The standard InChI is InChI=1S/C4H4N.2ClH.Ru/c1-2-4-5-3-1;;;/h1-3,5H;2*1H;/q-1;;;+3/p-2. The van der Waals surface area contributed by atoms with E-state index < -0.39 is 0 Å². The van der Waals surface area contributed by atoms with E-state index in [9.17, 15) is 0 Å². The summed E-state index contributed by atoms with van der Waals surface area (Å²) in [5.74, 6) is 0. The van der Waals surface area contributed by atoms with E-state index in [-0.39, 0.29) is 44.3 Å². The molecule has 0 saturated carbocycles. The molecule has 1 rings (SSSR count). The van der Waals surface area contributed by atoms with Gasteiger partial charge in [-0.05, 0) is 0 Å². The molecule has 1 heterocycles. The molecule has 8 heavy (non-hydrogen) atoms. The second-order valence-electron chi connectivity index (χ2n) is 0.814. The summed E-state index contributed by atoms with van der Waals surface area (Å²) in [5, 5.41) is 0. The molecule has 0 atom stereocenters. The van der Waals surface area contributed by atoms with Crippen LogP contribution in [0, 0.1) is 6.20 Å². The van der Waals surface area contributed by atoms with Crippen LogP contribution in [0.5, 0.6) is 0 Å². The molecule has 0 bridgehead atoms. The van der Waals surface area contributed by atoms with Crippen LogP contribution in [0.25, 0.3) is 0 Å². The van der Waals surface area contributed by atoms with Gasteiger partial charge in [-0.1, -0.05) is 0 Å². The Morgan fingerprint density at radius 1 is 1.25 bits per heavy atom. The average Bonchev–Trinajstić information content (AvgIpc) is 1.76. The number of halogens is 2. The minimum atomic E-state index is 0. The molecule has 0 spiro atoms. The van der Waals surface area contributed by atoms with Crippen LogP contribution in [0.15, 0.2) is 18.3 Å². The molecule has 47 valence electrons. The maximum absolute atomic E-state index is 2.74. The van der Waals surface area contributed by atoms with Crippen LogP contribution in [0.1, 0.15) is 0 Å². The number of hydrogen-bond acceptors (Lipinski definition) is 0. The van der Waals surface area contributed by atoms with Crippen LogP contribution in [0.2, 0.25) is 0 Å². The molecular weight excluding hydrogens is 234 g/mol. The van der Waals surface area contributed by atoms with Crippen molar-refractivity contribution in [3.05, 3.63) is 24.5 Å². The van der Waals surface area contributed by atoms with Crippen LogP contribution in [0.3, 0.4) is 0 Å². The Kier molecular flexibility index (Phi) is 20.7. The van der Waals surface area contributed by atoms with Gasteiger partial charge in [0.05, 0.1) is 0 Å². The van der Waals surface area contributed by atoms with Crippen molar-refractivity contribution in [3.8, 4) is 0 Å². The van der Waals surface area contributed by atoms with Gasteiger partial charge in [0.15, 0.2) is 0 Å². The Labute approximate surface area is 73.8 Å². The number of hydrogen-bond donors (Lipinski definition) is 1. The molecule has 1 nitrogen and oxygen atoms in total. The predicted octanol–water partition coefficient (Wildman–Crippen LogP) is -5.18. The largest absolute Gasteiger partial charge is 3.00 e. The van der Waals surface area contributed by atoms with Crippen molar-refractivity contribution in [1.82, 2.24) is 4.98 Å². The van der Waals surface area contributed by atoms with Gasteiger partial charge < -0.3 is 29.8 Å². The number of aromatic amines is 1. The first kappa shape index (κ1) is 15.8. The smallest absolute Gasteiger partial charge is 1.00 e. The minimum Gasteiger partial charge on any atom is -1.00 e. The van der Waals surface area contributed by atoms with Crippen LogP contribution in [-0.2, 0) is 19.5 Å². The summed E-state index contributed by atoms with van der Waals surface area (Å²) in [4.78, 5) is 2.74. The SMILES string of the molecule is [Cl-].[Cl-].[Ru+3].[c-]1ccc[nH]1. The van der Waals surface area contributed by atoms with Gasteiger partial charge >= 0.3 is 19.5 Å². The number of H-pyrrole nitrogens is 1. The summed E-state index contributed by atoms with van der Waals surface area (Å²) in [5.41, 5.74) is 0. The first-order valence-electron chi connectivity index (χ1n) is 1.49. The van der Waals surface area contributed by atoms with E-state index in [0.717, 1.165) is 0 Å². The fourth-order valence-electron chi connectivity index (χ4n) is 0.241. The molecule has 0 saturated heterocycles. The molecule has 1 radical (unpaired) electrons. The van der Waals surface area contributed by atoms with E-state index in [1.165, 1.54) is 0 Å². The number of rotatable bonds is 0. The second-order valence-corrected chi connectivity index (χ2v) is 0.814. The molecule has 0 unspecified atom stereocenters. The summed E-state index contributed by atoms with van der Waals surface area (Å²) in [6.07, 6.45) is 4.56. The van der Waals surface area contributed by atoms with Crippen molar-refractivity contribution >= 4 is 0 Å². The molecule has 1 aromatic rings. The summed E-state index contributed by atoms with van der Waals surface area (Å²) >= 11 is 0. The minimum absolute atomic E-state index is 0. The molecule has 0 aliphatic heterocycles. The molecule has 1 N–H and O–H groups in total. The van der Waals surface area contributed by atoms with E-state index in [1.807, 2.05) is 18.3 Å². The summed E-state index contributed by atoms with van der Waals surface area (Å²) < 4.78 is 0. The monoisotopic (exact) mass is 238 g/mol. The third-order valence-electron chi connectivity index (χ3n) is 0.442. The van der Waals surface area contributed by atoms with Gasteiger partial charge in [0, 0.05) is 0 Å². The zero-order valence-electron chi connectivity index (χ0n) is 3.84. The van der Waals surface area contributed by atoms with Gasteiger partial charge in [-0.2, -0.15) is 18.3 Å². The quantitative estimate of drug-likeness (QED) is 0.343. The van der Waals surface area contributed by atoms with Crippen molar-refractivity contribution in [2.75, 3.05) is 0 Å². The van der Waals surface area contributed by atoms with Crippen LogP contribution >= 0.6 is 0 Å². The maximum Gasteiger partial charge on any atom is 3.00 e. The fraction of sp³-hybridized carbons (Fsp3) is 0. The van der Waals surface area contributed by atoms with Crippen LogP contribution in [0.4, 0.5) is 0 Å². The van der Waals surface area contributed by atoms with Gasteiger partial charge in [0.25, 0.3) is 0 Å². The molecule has 0 amide bonds. The Balaban J connectivity index is -0.0000000833. The van der Waals surface area contributed by atoms with E-state index >= 15 is 0 Å². The molecule has 0 aliphatic carbocycles. The average molecular weight is 238 g/mol. The Hall–Kier alpha value is 0.483. The predicted molar refractivity (Wildman–Crippen MR) is 19.6 cm³/mol. The van der Waals surface area contributed by atoms with Gasteiger partial charge in [-0.3, -0.25) is 0 Å². The van der Waals surface area contributed by atoms with Crippen LogP contribution < -0.4 is 24.8 Å². The van der Waals surface area contributed by atoms with E-state index in [0.29, 0.717) is 0 Å². The van der Waals surface area contributed by atoms with Crippen molar-refractivity contribution < 1.29 is 44.3 Å². The first-order valence-corrected chi connectivity index (χ1v) is 1.49. The molecule has 0 aromatic carbocycles. The molecule has 0 aliphatic rings. The normalized spacial score (nSPS) is 5.00. The van der Waals surface area contributed by atoms with Crippen molar-refractivity contribution in [3.63, 3.8) is 0 Å². The van der Waals surface area contributed by atoms with E-state index in [1.54, 1.807) is 0 Å². The third-order valence-corrected chi connectivity index (χ3v) is 0.442. The summed E-state index contributed by atoms with van der Waals surface area (Å²) in [6, 6.07) is 3.71. The van der Waals surface area contributed by atoms with Crippen molar-refractivity contribution in [1.29, 1.82) is 0 Å².